The third-order valence-electron chi connectivity index (χ3n) is 3.18. The van der Waals surface area contributed by atoms with Gasteiger partial charge in [0.2, 0.25) is 0 Å². The van der Waals surface area contributed by atoms with Crippen molar-refractivity contribution >= 4 is 0 Å². The van der Waals surface area contributed by atoms with Gasteiger partial charge in [-0.15, -0.1) is 0 Å². The second-order valence-corrected chi connectivity index (χ2v) is 4.38. The Morgan fingerprint density at radius 3 is 2.81 bits per heavy atom. The lowest BCUT2D eigenvalue weighted by atomic mass is 9.90. The summed E-state index contributed by atoms with van der Waals surface area (Å²) >= 11 is 0. The van der Waals surface area contributed by atoms with E-state index < -0.39 is 0 Å². The zero-order valence-electron chi connectivity index (χ0n) is 9.52. The fourth-order valence-electron chi connectivity index (χ4n) is 2.07. The van der Waals surface area contributed by atoms with Crippen molar-refractivity contribution in [2.75, 3.05) is 6.61 Å². The van der Waals surface area contributed by atoms with E-state index in [9.17, 15) is 10.2 Å². The maximum Gasteiger partial charge on any atom is 0.119 e. The van der Waals surface area contributed by atoms with Crippen LogP contribution in [0.5, 0.6) is 11.5 Å². The average molecular weight is 222 g/mol. The summed E-state index contributed by atoms with van der Waals surface area (Å²) in [6, 6.07) is 4.73. The fourth-order valence-corrected chi connectivity index (χ4v) is 2.07. The highest BCUT2D eigenvalue weighted by Gasteiger charge is 2.24. The monoisotopic (exact) mass is 222 g/mol. The quantitative estimate of drug-likeness (QED) is 0.595. The summed E-state index contributed by atoms with van der Waals surface area (Å²) < 4.78 is 5.18. The zero-order chi connectivity index (χ0) is 11.5. The first kappa shape index (κ1) is 11.3. The van der Waals surface area contributed by atoms with Gasteiger partial charge in [-0.1, -0.05) is 6.92 Å². The van der Waals surface area contributed by atoms with Crippen molar-refractivity contribution in [1.82, 2.24) is 0 Å². The number of benzene rings is 1. The number of phenols is 2. The molecule has 0 aliphatic carbocycles. The average Bonchev–Trinajstić information content (AvgIpc) is 3.07. The number of ether oxygens (including phenoxy) is 1. The van der Waals surface area contributed by atoms with Gasteiger partial charge in [-0.05, 0) is 43.4 Å². The lowest BCUT2D eigenvalue weighted by Gasteiger charge is -2.16. The third kappa shape index (κ3) is 2.67. The highest BCUT2D eigenvalue weighted by Crippen LogP contribution is 2.35. The van der Waals surface area contributed by atoms with Gasteiger partial charge >= 0.3 is 0 Å². The maximum absolute atomic E-state index is 9.77. The van der Waals surface area contributed by atoms with Crippen molar-refractivity contribution in [2.24, 2.45) is 0 Å². The van der Waals surface area contributed by atoms with Crippen molar-refractivity contribution in [3.05, 3.63) is 23.8 Å². The molecule has 0 spiro atoms. The van der Waals surface area contributed by atoms with Gasteiger partial charge in [-0.2, -0.15) is 0 Å². The van der Waals surface area contributed by atoms with Crippen LogP contribution >= 0.6 is 0 Å². The number of hydrogen-bond donors (Lipinski definition) is 2. The Balaban J connectivity index is 2.07. The highest BCUT2D eigenvalue weighted by molar-refractivity contribution is 5.40. The molecular formula is C13H18O3. The van der Waals surface area contributed by atoms with Crippen molar-refractivity contribution in [3.8, 4) is 11.5 Å². The number of rotatable bonds is 5. The molecule has 0 saturated carbocycles. The number of epoxide rings is 1. The highest BCUT2D eigenvalue weighted by atomic mass is 16.6. The van der Waals surface area contributed by atoms with Gasteiger partial charge in [0.05, 0.1) is 12.7 Å². The number of phenolic OH excluding ortho intramolecular Hbond substituents is 2. The first-order valence-electron chi connectivity index (χ1n) is 5.84. The number of aromatic hydroxyl groups is 2. The zero-order valence-corrected chi connectivity index (χ0v) is 9.52. The molecule has 1 aromatic rings. The van der Waals surface area contributed by atoms with E-state index in [1.165, 1.54) is 6.07 Å². The molecule has 2 atom stereocenters. The predicted octanol–water partition coefficient (Wildman–Crippen LogP) is 2.77. The smallest absolute Gasteiger partial charge is 0.119 e. The Bertz CT molecular complexity index is 358. The minimum atomic E-state index is 0.217. The van der Waals surface area contributed by atoms with Crippen LogP contribution in [0.4, 0.5) is 0 Å². The third-order valence-corrected chi connectivity index (χ3v) is 3.18. The predicted molar refractivity (Wildman–Crippen MR) is 61.8 cm³/mol. The molecule has 1 fully saturated rings. The summed E-state index contributed by atoms with van der Waals surface area (Å²) in [5, 5.41) is 19.2. The van der Waals surface area contributed by atoms with Crippen molar-refractivity contribution in [2.45, 2.75) is 38.2 Å². The van der Waals surface area contributed by atoms with E-state index in [1.54, 1.807) is 12.1 Å². The van der Waals surface area contributed by atoms with Gasteiger partial charge in [0.15, 0.2) is 0 Å². The Hall–Kier alpha value is -1.22. The van der Waals surface area contributed by atoms with E-state index in [0.29, 0.717) is 12.0 Å². The first-order valence-corrected chi connectivity index (χ1v) is 5.84. The summed E-state index contributed by atoms with van der Waals surface area (Å²) in [6.45, 7) is 2.98. The molecule has 3 heteroatoms. The molecule has 0 aromatic heterocycles. The van der Waals surface area contributed by atoms with E-state index in [4.69, 9.17) is 4.74 Å². The molecule has 1 aliphatic rings. The van der Waals surface area contributed by atoms with Crippen LogP contribution in [0.25, 0.3) is 0 Å². The Kier molecular flexibility index (Phi) is 3.34. The van der Waals surface area contributed by atoms with Crippen molar-refractivity contribution < 1.29 is 14.9 Å². The Morgan fingerprint density at radius 1 is 1.44 bits per heavy atom. The molecule has 16 heavy (non-hydrogen) atoms. The second-order valence-electron chi connectivity index (χ2n) is 4.38. The molecule has 1 heterocycles. The van der Waals surface area contributed by atoms with Gasteiger partial charge in [0.1, 0.15) is 11.5 Å². The van der Waals surface area contributed by atoms with E-state index in [1.807, 2.05) is 0 Å². The molecule has 0 bridgehead atoms. The largest absolute Gasteiger partial charge is 0.508 e. The Labute approximate surface area is 95.7 Å². The number of hydrogen-bond acceptors (Lipinski definition) is 3. The fraction of sp³-hybridized carbons (Fsp3) is 0.538. The summed E-state index contributed by atoms with van der Waals surface area (Å²) in [5.74, 6) is 0.798. The van der Waals surface area contributed by atoms with Crippen LogP contribution in [-0.2, 0) is 4.74 Å². The van der Waals surface area contributed by atoms with Gasteiger partial charge in [-0.3, -0.25) is 0 Å². The van der Waals surface area contributed by atoms with Crippen LogP contribution in [0.1, 0.15) is 37.7 Å². The molecule has 1 saturated heterocycles. The topological polar surface area (TPSA) is 53.0 Å². The van der Waals surface area contributed by atoms with Crippen LogP contribution in [-0.4, -0.2) is 22.9 Å². The molecule has 3 nitrogen and oxygen atoms in total. The molecule has 1 aromatic carbocycles. The van der Waals surface area contributed by atoms with E-state index in [0.717, 1.165) is 31.4 Å². The van der Waals surface area contributed by atoms with Gasteiger partial charge in [0, 0.05) is 5.56 Å². The first-order chi connectivity index (χ1) is 7.70. The molecule has 0 radical (unpaired) electrons. The summed E-state index contributed by atoms with van der Waals surface area (Å²) in [6.07, 6.45) is 3.42. The molecule has 1 aliphatic heterocycles. The van der Waals surface area contributed by atoms with Crippen LogP contribution in [0.15, 0.2) is 18.2 Å². The molecular weight excluding hydrogens is 204 g/mol. The molecule has 2 rings (SSSR count). The lowest BCUT2D eigenvalue weighted by Crippen LogP contribution is -2.00. The van der Waals surface area contributed by atoms with Gasteiger partial charge < -0.3 is 14.9 Å². The van der Waals surface area contributed by atoms with Crippen LogP contribution in [0.2, 0.25) is 0 Å². The molecule has 88 valence electrons. The van der Waals surface area contributed by atoms with Crippen LogP contribution in [0, 0.1) is 0 Å². The lowest BCUT2D eigenvalue weighted by molar-refractivity contribution is 0.379. The van der Waals surface area contributed by atoms with Gasteiger partial charge in [0.25, 0.3) is 0 Å². The van der Waals surface area contributed by atoms with E-state index >= 15 is 0 Å². The van der Waals surface area contributed by atoms with Crippen LogP contribution in [0.3, 0.4) is 0 Å². The Morgan fingerprint density at radius 2 is 2.19 bits per heavy atom. The summed E-state index contributed by atoms with van der Waals surface area (Å²) in [7, 11) is 0. The standard InChI is InChI=1S/C13H18O3/c1-2-9(3-5-11-8-16-11)12-7-10(14)4-6-13(12)15/h4,6-7,9,11,14-15H,2-3,5,8H2,1H3/t9-,11-/m1/s1. The van der Waals surface area contributed by atoms with Crippen molar-refractivity contribution in [1.29, 1.82) is 0 Å². The van der Waals surface area contributed by atoms with E-state index in [2.05, 4.69) is 6.92 Å². The van der Waals surface area contributed by atoms with Crippen LogP contribution < -0.4 is 0 Å². The second kappa shape index (κ2) is 4.74. The molecule has 0 amide bonds. The minimum absolute atomic E-state index is 0.217. The van der Waals surface area contributed by atoms with E-state index in [-0.39, 0.29) is 11.5 Å². The van der Waals surface area contributed by atoms with Gasteiger partial charge in [-0.25, -0.2) is 0 Å². The normalized spacial score (nSPS) is 20.7. The molecule has 0 unspecified atom stereocenters. The van der Waals surface area contributed by atoms with Crippen molar-refractivity contribution in [3.63, 3.8) is 0 Å². The SMILES string of the molecule is CC[C@H](CC[C@@H]1CO1)c1cc(O)ccc1O. The summed E-state index contributed by atoms with van der Waals surface area (Å²) in [5.41, 5.74) is 0.850. The maximum atomic E-state index is 9.77. The molecule has 2 N–H and O–H groups in total. The summed E-state index contributed by atoms with van der Waals surface area (Å²) in [4.78, 5) is 0. The minimum Gasteiger partial charge on any atom is -0.508 e.